The molecule has 0 radical (unpaired) electrons. The van der Waals surface area contributed by atoms with Crippen molar-refractivity contribution < 1.29 is 9.18 Å². The quantitative estimate of drug-likeness (QED) is 0.686. The van der Waals surface area contributed by atoms with E-state index < -0.39 is 0 Å². The number of aromatic nitrogens is 2. The van der Waals surface area contributed by atoms with Crippen LogP contribution in [-0.4, -0.2) is 40.3 Å². The lowest BCUT2D eigenvalue weighted by Gasteiger charge is -2.25. The molecule has 0 N–H and O–H groups in total. The number of ketones is 1. The number of Topliss-reactive ketones (excluding diaryl/α,β-unsaturated/α-hetero) is 1. The SMILES string of the molecule is O=C(Cc1cc2cc(-c3cccnc3)c(F)cc2cn1)CN1CCCCC1. The minimum atomic E-state index is -0.300. The summed E-state index contributed by atoms with van der Waals surface area (Å²) in [7, 11) is 0. The Morgan fingerprint density at radius 2 is 1.93 bits per heavy atom. The Labute approximate surface area is 158 Å². The summed E-state index contributed by atoms with van der Waals surface area (Å²) in [5.74, 6) is -0.121. The molecule has 3 heterocycles. The first-order valence-electron chi connectivity index (χ1n) is 9.42. The number of benzene rings is 1. The van der Waals surface area contributed by atoms with Crippen molar-refractivity contribution in [2.24, 2.45) is 0 Å². The minimum Gasteiger partial charge on any atom is -0.298 e. The third kappa shape index (κ3) is 4.19. The van der Waals surface area contributed by atoms with Gasteiger partial charge in [0, 0.05) is 40.8 Å². The molecule has 0 bridgehead atoms. The largest absolute Gasteiger partial charge is 0.298 e. The number of carbonyl (C=O) groups excluding carboxylic acids is 1. The van der Waals surface area contributed by atoms with Gasteiger partial charge in [0.05, 0.1) is 13.0 Å². The molecule has 5 heteroatoms. The van der Waals surface area contributed by atoms with Gasteiger partial charge in [0.15, 0.2) is 5.78 Å². The monoisotopic (exact) mass is 363 g/mol. The lowest BCUT2D eigenvalue weighted by atomic mass is 10.0. The van der Waals surface area contributed by atoms with Gasteiger partial charge in [-0.1, -0.05) is 12.5 Å². The van der Waals surface area contributed by atoms with E-state index in [1.54, 1.807) is 24.7 Å². The zero-order valence-corrected chi connectivity index (χ0v) is 15.2. The fourth-order valence-corrected chi connectivity index (χ4v) is 3.68. The van der Waals surface area contributed by atoms with Crippen molar-refractivity contribution in [1.29, 1.82) is 0 Å². The number of fused-ring (bicyclic) bond motifs is 1. The number of piperidine rings is 1. The molecule has 2 aromatic heterocycles. The summed E-state index contributed by atoms with van der Waals surface area (Å²) in [4.78, 5) is 23.1. The van der Waals surface area contributed by atoms with Crippen LogP contribution < -0.4 is 0 Å². The van der Waals surface area contributed by atoms with Gasteiger partial charge < -0.3 is 0 Å². The second-order valence-corrected chi connectivity index (χ2v) is 7.15. The van der Waals surface area contributed by atoms with Gasteiger partial charge in [0.1, 0.15) is 5.82 Å². The van der Waals surface area contributed by atoms with Gasteiger partial charge in [-0.05, 0) is 55.6 Å². The highest BCUT2D eigenvalue weighted by Gasteiger charge is 2.15. The van der Waals surface area contributed by atoms with Gasteiger partial charge >= 0.3 is 0 Å². The van der Waals surface area contributed by atoms with E-state index in [1.165, 1.54) is 25.3 Å². The molecule has 1 aliphatic heterocycles. The summed E-state index contributed by atoms with van der Waals surface area (Å²) in [6, 6.07) is 8.81. The molecule has 3 aromatic rings. The van der Waals surface area contributed by atoms with Crippen molar-refractivity contribution in [3.05, 3.63) is 60.4 Å². The lowest BCUT2D eigenvalue weighted by Crippen LogP contribution is -2.35. The Bertz CT molecular complexity index is 952. The maximum absolute atomic E-state index is 14.5. The van der Waals surface area contributed by atoms with Gasteiger partial charge in [-0.15, -0.1) is 0 Å². The average molecular weight is 363 g/mol. The van der Waals surface area contributed by atoms with Crippen LogP contribution in [0.25, 0.3) is 21.9 Å². The molecule has 0 spiro atoms. The molecule has 27 heavy (non-hydrogen) atoms. The van der Waals surface area contributed by atoms with Gasteiger partial charge in [0.2, 0.25) is 0 Å². The molecular formula is C22H22FN3O. The summed E-state index contributed by atoms with van der Waals surface area (Å²) < 4.78 is 14.5. The molecule has 1 aromatic carbocycles. The Morgan fingerprint density at radius 1 is 1.07 bits per heavy atom. The molecular weight excluding hydrogens is 341 g/mol. The van der Waals surface area contributed by atoms with E-state index in [-0.39, 0.29) is 11.6 Å². The zero-order chi connectivity index (χ0) is 18.6. The maximum Gasteiger partial charge on any atom is 0.152 e. The van der Waals surface area contributed by atoms with Crippen LogP contribution in [0.15, 0.2) is 48.9 Å². The van der Waals surface area contributed by atoms with E-state index in [0.29, 0.717) is 18.5 Å². The molecule has 1 aliphatic rings. The van der Waals surface area contributed by atoms with Crippen molar-refractivity contribution in [3.8, 4) is 11.1 Å². The molecule has 1 fully saturated rings. The van der Waals surface area contributed by atoms with E-state index in [2.05, 4.69) is 14.9 Å². The molecule has 0 unspecified atom stereocenters. The summed E-state index contributed by atoms with van der Waals surface area (Å²) in [5.41, 5.74) is 1.97. The summed E-state index contributed by atoms with van der Waals surface area (Å²) in [5, 5.41) is 1.61. The molecule has 0 atom stereocenters. The van der Waals surface area contributed by atoms with Crippen molar-refractivity contribution in [2.45, 2.75) is 25.7 Å². The second kappa shape index (κ2) is 7.92. The van der Waals surface area contributed by atoms with Crippen LogP contribution in [0.4, 0.5) is 4.39 Å². The number of hydrogen-bond acceptors (Lipinski definition) is 4. The van der Waals surface area contributed by atoms with E-state index in [9.17, 15) is 9.18 Å². The van der Waals surface area contributed by atoms with Crippen LogP contribution in [0, 0.1) is 5.82 Å². The van der Waals surface area contributed by atoms with Crippen molar-refractivity contribution in [1.82, 2.24) is 14.9 Å². The highest BCUT2D eigenvalue weighted by atomic mass is 19.1. The summed E-state index contributed by atoms with van der Waals surface area (Å²) in [6.45, 7) is 2.50. The zero-order valence-electron chi connectivity index (χ0n) is 15.2. The van der Waals surface area contributed by atoms with Crippen LogP contribution in [0.1, 0.15) is 25.0 Å². The Kier molecular flexibility index (Phi) is 5.21. The van der Waals surface area contributed by atoms with Crippen LogP contribution >= 0.6 is 0 Å². The molecule has 138 valence electrons. The highest BCUT2D eigenvalue weighted by molar-refractivity contribution is 5.88. The molecule has 4 nitrogen and oxygen atoms in total. The van der Waals surface area contributed by atoms with Crippen molar-refractivity contribution in [3.63, 3.8) is 0 Å². The van der Waals surface area contributed by atoms with Crippen LogP contribution in [0.3, 0.4) is 0 Å². The summed E-state index contributed by atoms with van der Waals surface area (Å²) in [6.07, 6.45) is 8.87. The molecule has 0 amide bonds. The first kappa shape index (κ1) is 17.7. The molecule has 0 aliphatic carbocycles. The number of rotatable bonds is 5. The van der Waals surface area contributed by atoms with E-state index >= 15 is 0 Å². The van der Waals surface area contributed by atoms with Gasteiger partial charge in [-0.2, -0.15) is 0 Å². The highest BCUT2D eigenvalue weighted by Crippen LogP contribution is 2.27. The number of halogens is 1. The third-order valence-corrected chi connectivity index (χ3v) is 5.06. The Morgan fingerprint density at radius 3 is 2.70 bits per heavy atom. The Balaban J connectivity index is 1.56. The predicted octanol–water partition coefficient (Wildman–Crippen LogP) is 4.03. The fourth-order valence-electron chi connectivity index (χ4n) is 3.68. The molecule has 0 saturated carbocycles. The maximum atomic E-state index is 14.5. The van der Waals surface area contributed by atoms with Crippen molar-refractivity contribution in [2.75, 3.05) is 19.6 Å². The van der Waals surface area contributed by atoms with E-state index in [0.717, 1.165) is 35.1 Å². The third-order valence-electron chi connectivity index (χ3n) is 5.06. The van der Waals surface area contributed by atoms with Crippen LogP contribution in [-0.2, 0) is 11.2 Å². The number of likely N-dealkylation sites (tertiary alicyclic amines) is 1. The standard InChI is InChI=1S/C22H22FN3O/c23-22-11-18-14-25-19(12-20(27)15-26-7-2-1-3-8-26)9-17(18)10-21(22)16-5-4-6-24-13-16/h4-6,9-11,13-14H,1-3,7-8,12,15H2. The van der Waals surface area contributed by atoms with Gasteiger partial charge in [0.25, 0.3) is 0 Å². The second-order valence-electron chi connectivity index (χ2n) is 7.15. The number of nitrogens with zero attached hydrogens (tertiary/aromatic N) is 3. The minimum absolute atomic E-state index is 0.179. The van der Waals surface area contributed by atoms with E-state index in [4.69, 9.17) is 0 Å². The molecule has 4 rings (SSSR count). The summed E-state index contributed by atoms with van der Waals surface area (Å²) >= 11 is 0. The number of pyridine rings is 2. The Hall–Kier alpha value is -2.66. The first-order valence-corrected chi connectivity index (χ1v) is 9.42. The van der Waals surface area contributed by atoms with Gasteiger partial charge in [-0.3, -0.25) is 19.7 Å². The number of hydrogen-bond donors (Lipinski definition) is 0. The average Bonchev–Trinajstić information content (AvgIpc) is 2.69. The normalized spacial score (nSPS) is 15.1. The topological polar surface area (TPSA) is 46.1 Å². The fraction of sp³-hybridized carbons (Fsp3) is 0.318. The smallest absolute Gasteiger partial charge is 0.152 e. The predicted molar refractivity (Wildman–Crippen MR) is 104 cm³/mol. The van der Waals surface area contributed by atoms with Gasteiger partial charge in [-0.25, -0.2) is 4.39 Å². The molecule has 1 saturated heterocycles. The lowest BCUT2D eigenvalue weighted by molar-refractivity contribution is -0.119. The first-order chi connectivity index (χ1) is 13.2. The number of carbonyl (C=O) groups is 1. The van der Waals surface area contributed by atoms with Crippen LogP contribution in [0.2, 0.25) is 0 Å². The van der Waals surface area contributed by atoms with Crippen molar-refractivity contribution >= 4 is 16.6 Å². The van der Waals surface area contributed by atoms with Crippen LogP contribution in [0.5, 0.6) is 0 Å². The van der Waals surface area contributed by atoms with E-state index in [1.807, 2.05) is 18.2 Å².